The third kappa shape index (κ3) is 3.60. The van der Waals surface area contributed by atoms with Gasteiger partial charge in [-0.1, -0.05) is 40.6 Å². The van der Waals surface area contributed by atoms with Crippen molar-refractivity contribution in [1.29, 1.82) is 0 Å². The lowest BCUT2D eigenvalue weighted by molar-refractivity contribution is 0.0740. The number of benzene rings is 2. The summed E-state index contributed by atoms with van der Waals surface area (Å²) in [5, 5.41) is 8.93. The summed E-state index contributed by atoms with van der Waals surface area (Å²) in [6, 6.07) is 15.8. The maximum absolute atomic E-state index is 13.0. The van der Waals surface area contributed by atoms with Gasteiger partial charge in [0.05, 0.1) is 11.4 Å². The first-order valence-corrected chi connectivity index (χ1v) is 9.70. The lowest BCUT2D eigenvalue weighted by Gasteiger charge is -2.35. The van der Waals surface area contributed by atoms with Gasteiger partial charge in [-0.3, -0.25) is 4.79 Å². The Bertz CT molecular complexity index is 990. The lowest BCUT2D eigenvalue weighted by atomic mass is 10.2. The fraction of sp³-hybridized carbons (Fsp3) is 0.286. The number of aryl methyl sites for hydroxylation is 1. The molecule has 0 aliphatic carbocycles. The fourth-order valence-electron chi connectivity index (χ4n) is 3.45. The molecule has 0 spiro atoms. The van der Waals surface area contributed by atoms with Gasteiger partial charge in [0.15, 0.2) is 5.69 Å². The molecule has 1 aliphatic heterocycles. The van der Waals surface area contributed by atoms with Crippen molar-refractivity contribution in [2.75, 3.05) is 31.1 Å². The van der Waals surface area contributed by atoms with Crippen LogP contribution in [0.2, 0.25) is 5.02 Å². The summed E-state index contributed by atoms with van der Waals surface area (Å²) < 4.78 is 1.65. The zero-order valence-electron chi connectivity index (χ0n) is 16.0. The van der Waals surface area contributed by atoms with Crippen LogP contribution in [0.3, 0.4) is 0 Å². The molecule has 0 radical (unpaired) electrons. The second-order valence-corrected chi connectivity index (χ2v) is 7.47. The molecule has 144 valence electrons. The van der Waals surface area contributed by atoms with E-state index >= 15 is 0 Å². The van der Waals surface area contributed by atoms with E-state index in [2.05, 4.69) is 46.4 Å². The molecule has 0 atom stereocenters. The Morgan fingerprint density at radius 2 is 1.68 bits per heavy atom. The Hall–Kier alpha value is -2.86. The number of nitrogens with zero attached hydrogens (tertiary/aromatic N) is 5. The Kier molecular flexibility index (Phi) is 5.05. The van der Waals surface area contributed by atoms with Gasteiger partial charge in [0.2, 0.25) is 0 Å². The standard InChI is InChI=1S/C21H22ClN5O/c1-15-6-8-18(9-7-15)25-10-12-26(13-11-25)21(28)20-16(2)27(24-23-20)19-5-3-4-17(22)14-19/h3-9,14H,10-13H2,1-2H3. The SMILES string of the molecule is Cc1ccc(N2CCN(C(=O)c3nnn(-c4cccc(Cl)c4)c3C)CC2)cc1. The minimum atomic E-state index is -0.0747. The molecular weight excluding hydrogens is 374 g/mol. The molecule has 0 bridgehead atoms. The summed E-state index contributed by atoms with van der Waals surface area (Å²) in [6.45, 7) is 6.87. The third-order valence-electron chi connectivity index (χ3n) is 5.12. The Morgan fingerprint density at radius 3 is 2.36 bits per heavy atom. The molecule has 1 amide bonds. The van der Waals surface area contributed by atoms with Gasteiger partial charge in [0, 0.05) is 36.9 Å². The monoisotopic (exact) mass is 395 g/mol. The summed E-state index contributed by atoms with van der Waals surface area (Å²) in [7, 11) is 0. The highest BCUT2D eigenvalue weighted by atomic mass is 35.5. The lowest BCUT2D eigenvalue weighted by Crippen LogP contribution is -2.49. The van der Waals surface area contributed by atoms with E-state index in [0.29, 0.717) is 29.5 Å². The first-order chi connectivity index (χ1) is 13.5. The number of carbonyl (C=O) groups excluding carboxylic acids is 1. The average Bonchev–Trinajstić information content (AvgIpc) is 3.09. The van der Waals surface area contributed by atoms with E-state index in [4.69, 9.17) is 11.6 Å². The molecule has 3 aromatic rings. The first kappa shape index (κ1) is 18.5. The van der Waals surface area contributed by atoms with E-state index in [1.54, 1.807) is 16.8 Å². The quantitative estimate of drug-likeness (QED) is 0.681. The number of halogens is 1. The number of rotatable bonds is 3. The van der Waals surface area contributed by atoms with E-state index in [1.807, 2.05) is 24.0 Å². The van der Waals surface area contributed by atoms with E-state index in [-0.39, 0.29) is 5.91 Å². The van der Waals surface area contributed by atoms with Gasteiger partial charge in [-0.05, 0) is 44.2 Å². The average molecular weight is 396 g/mol. The molecule has 2 aromatic carbocycles. The highest BCUT2D eigenvalue weighted by Gasteiger charge is 2.26. The van der Waals surface area contributed by atoms with Crippen LogP contribution in [0.25, 0.3) is 5.69 Å². The van der Waals surface area contributed by atoms with Crippen LogP contribution >= 0.6 is 11.6 Å². The van der Waals surface area contributed by atoms with Crippen molar-refractivity contribution in [3.8, 4) is 5.69 Å². The maximum atomic E-state index is 13.0. The molecule has 1 saturated heterocycles. The molecular formula is C21H22ClN5O. The molecule has 7 heteroatoms. The topological polar surface area (TPSA) is 54.3 Å². The normalized spacial score (nSPS) is 14.4. The number of hydrogen-bond donors (Lipinski definition) is 0. The number of anilines is 1. The molecule has 0 unspecified atom stereocenters. The highest BCUT2D eigenvalue weighted by molar-refractivity contribution is 6.30. The summed E-state index contributed by atoms with van der Waals surface area (Å²) in [5.74, 6) is -0.0747. The highest BCUT2D eigenvalue weighted by Crippen LogP contribution is 2.20. The van der Waals surface area contributed by atoms with Gasteiger partial charge < -0.3 is 9.80 Å². The van der Waals surface area contributed by atoms with E-state index < -0.39 is 0 Å². The Morgan fingerprint density at radius 1 is 0.964 bits per heavy atom. The van der Waals surface area contributed by atoms with Crippen LogP contribution in [-0.2, 0) is 0 Å². The molecule has 1 aromatic heterocycles. The van der Waals surface area contributed by atoms with Crippen LogP contribution in [0, 0.1) is 13.8 Å². The van der Waals surface area contributed by atoms with Crippen molar-refractivity contribution >= 4 is 23.2 Å². The van der Waals surface area contributed by atoms with Crippen LogP contribution in [-0.4, -0.2) is 52.0 Å². The number of amides is 1. The van der Waals surface area contributed by atoms with Crippen molar-refractivity contribution < 1.29 is 4.79 Å². The largest absolute Gasteiger partial charge is 0.368 e. The molecule has 1 fully saturated rings. The molecule has 1 aliphatic rings. The van der Waals surface area contributed by atoms with Gasteiger partial charge >= 0.3 is 0 Å². The molecule has 4 rings (SSSR count). The summed E-state index contributed by atoms with van der Waals surface area (Å²) in [6.07, 6.45) is 0. The summed E-state index contributed by atoms with van der Waals surface area (Å²) >= 11 is 6.07. The number of piperazine rings is 1. The number of carbonyl (C=O) groups is 1. The smallest absolute Gasteiger partial charge is 0.276 e. The summed E-state index contributed by atoms with van der Waals surface area (Å²) in [4.78, 5) is 17.1. The van der Waals surface area contributed by atoms with E-state index in [0.717, 1.165) is 18.8 Å². The van der Waals surface area contributed by atoms with Crippen molar-refractivity contribution in [3.63, 3.8) is 0 Å². The van der Waals surface area contributed by atoms with Crippen LogP contribution < -0.4 is 4.90 Å². The second-order valence-electron chi connectivity index (χ2n) is 7.03. The predicted octanol–water partition coefficient (Wildman–Crippen LogP) is 3.50. The van der Waals surface area contributed by atoms with Gasteiger partial charge in [-0.15, -0.1) is 5.10 Å². The Labute approximate surface area is 169 Å². The molecule has 28 heavy (non-hydrogen) atoms. The molecule has 6 nitrogen and oxygen atoms in total. The van der Waals surface area contributed by atoms with Crippen LogP contribution in [0.4, 0.5) is 5.69 Å². The minimum absolute atomic E-state index is 0.0747. The zero-order chi connectivity index (χ0) is 19.7. The zero-order valence-corrected chi connectivity index (χ0v) is 16.7. The maximum Gasteiger partial charge on any atom is 0.276 e. The third-order valence-corrected chi connectivity index (χ3v) is 5.35. The van der Waals surface area contributed by atoms with Crippen LogP contribution in [0.15, 0.2) is 48.5 Å². The van der Waals surface area contributed by atoms with Gasteiger partial charge in [0.25, 0.3) is 5.91 Å². The minimum Gasteiger partial charge on any atom is -0.368 e. The summed E-state index contributed by atoms with van der Waals surface area (Å²) in [5.41, 5.74) is 4.34. The molecule has 2 heterocycles. The van der Waals surface area contributed by atoms with Crippen LogP contribution in [0.1, 0.15) is 21.7 Å². The van der Waals surface area contributed by atoms with Gasteiger partial charge in [-0.2, -0.15) is 0 Å². The van der Waals surface area contributed by atoms with Crippen molar-refractivity contribution in [1.82, 2.24) is 19.9 Å². The van der Waals surface area contributed by atoms with Crippen molar-refractivity contribution in [2.24, 2.45) is 0 Å². The van der Waals surface area contributed by atoms with Gasteiger partial charge in [0.1, 0.15) is 0 Å². The molecule has 0 N–H and O–H groups in total. The Balaban J connectivity index is 1.46. The van der Waals surface area contributed by atoms with Crippen LogP contribution in [0.5, 0.6) is 0 Å². The predicted molar refractivity (Wildman–Crippen MR) is 110 cm³/mol. The first-order valence-electron chi connectivity index (χ1n) is 9.32. The second kappa shape index (κ2) is 7.64. The van der Waals surface area contributed by atoms with E-state index in [1.165, 1.54) is 11.3 Å². The van der Waals surface area contributed by atoms with Crippen molar-refractivity contribution in [3.05, 3.63) is 70.5 Å². The number of hydrogen-bond acceptors (Lipinski definition) is 4. The number of aromatic nitrogens is 3. The van der Waals surface area contributed by atoms with Crippen molar-refractivity contribution in [2.45, 2.75) is 13.8 Å². The fourth-order valence-corrected chi connectivity index (χ4v) is 3.64. The van der Waals surface area contributed by atoms with Gasteiger partial charge in [-0.25, -0.2) is 4.68 Å². The molecule has 0 saturated carbocycles. The van der Waals surface area contributed by atoms with E-state index in [9.17, 15) is 4.79 Å².